The van der Waals surface area contributed by atoms with E-state index in [2.05, 4.69) is 0 Å². The van der Waals surface area contributed by atoms with Crippen LogP contribution in [0.25, 0.3) is 0 Å². The Balaban J connectivity index is 1.31. The summed E-state index contributed by atoms with van der Waals surface area (Å²) in [7, 11) is 0. The Morgan fingerprint density at radius 1 is 1.03 bits per heavy atom. The normalized spacial score (nSPS) is 25.9. The molecule has 1 aliphatic carbocycles. The molecule has 35 heavy (non-hydrogen) atoms. The second-order valence-electron chi connectivity index (χ2n) is 9.71. The summed E-state index contributed by atoms with van der Waals surface area (Å²) in [5, 5.41) is 0. The number of nitrogens with zero attached hydrogens (tertiary/aromatic N) is 2. The van der Waals surface area contributed by atoms with Gasteiger partial charge in [-0.1, -0.05) is 37.3 Å². The average Bonchev–Trinajstić information content (AvgIpc) is 3.34. The largest absolute Gasteiger partial charge is 0.426 e. The minimum atomic E-state index is -0.601. The van der Waals surface area contributed by atoms with Gasteiger partial charge in [-0.2, -0.15) is 0 Å². The number of carbonyl (C=O) groups is 4. The lowest BCUT2D eigenvalue weighted by Crippen LogP contribution is -2.31. The summed E-state index contributed by atoms with van der Waals surface area (Å²) in [5.74, 6) is -2.13. The van der Waals surface area contributed by atoms with E-state index >= 15 is 0 Å². The van der Waals surface area contributed by atoms with Crippen LogP contribution in [0.1, 0.15) is 30.9 Å². The fourth-order valence-electron chi connectivity index (χ4n) is 5.41. The Labute approximate surface area is 204 Å². The van der Waals surface area contributed by atoms with Crippen LogP contribution in [0, 0.1) is 37.5 Å². The lowest BCUT2D eigenvalue weighted by Gasteiger charge is -2.22. The number of carbonyl (C=O) groups excluding carboxylic acids is 4. The maximum Gasteiger partial charge on any atom is 0.316 e. The Morgan fingerprint density at radius 3 is 2.57 bits per heavy atom. The number of imide groups is 1. The van der Waals surface area contributed by atoms with Gasteiger partial charge in [0.1, 0.15) is 5.75 Å². The van der Waals surface area contributed by atoms with Crippen LogP contribution < -0.4 is 14.5 Å². The molecule has 3 aliphatic rings. The molecule has 0 N–H and O–H groups in total. The van der Waals surface area contributed by atoms with Crippen molar-refractivity contribution in [3.05, 3.63) is 65.7 Å². The molecule has 0 saturated carbocycles. The van der Waals surface area contributed by atoms with E-state index in [9.17, 15) is 19.2 Å². The molecule has 2 aromatic carbocycles. The van der Waals surface area contributed by atoms with E-state index in [1.807, 2.05) is 51.1 Å². The fourth-order valence-corrected chi connectivity index (χ4v) is 5.41. The quantitative estimate of drug-likeness (QED) is 0.291. The highest BCUT2D eigenvalue weighted by atomic mass is 16.5. The van der Waals surface area contributed by atoms with Gasteiger partial charge < -0.3 is 9.64 Å². The molecule has 0 aromatic heterocycles. The Kier molecular flexibility index (Phi) is 5.79. The van der Waals surface area contributed by atoms with Crippen molar-refractivity contribution in [1.82, 2.24) is 0 Å². The van der Waals surface area contributed by atoms with E-state index in [1.54, 1.807) is 29.2 Å². The highest BCUT2D eigenvalue weighted by molar-refractivity contribution is 6.22. The van der Waals surface area contributed by atoms with Crippen LogP contribution in [0.2, 0.25) is 0 Å². The molecule has 7 heteroatoms. The number of amides is 3. The van der Waals surface area contributed by atoms with Crippen LogP contribution in [0.3, 0.4) is 0 Å². The molecule has 2 aromatic rings. The number of fused-ring (bicyclic) bond motifs is 1. The first-order valence-electron chi connectivity index (χ1n) is 12.0. The summed E-state index contributed by atoms with van der Waals surface area (Å²) in [6, 6.07) is 12.3. The molecule has 2 aliphatic heterocycles. The zero-order valence-corrected chi connectivity index (χ0v) is 20.1. The molecule has 0 spiro atoms. The molecule has 0 radical (unpaired) electrons. The summed E-state index contributed by atoms with van der Waals surface area (Å²) in [5.41, 5.74) is 3.29. The summed E-state index contributed by atoms with van der Waals surface area (Å²) in [6.45, 7) is 6.15. The predicted molar refractivity (Wildman–Crippen MR) is 131 cm³/mol. The van der Waals surface area contributed by atoms with Crippen molar-refractivity contribution in [2.45, 2.75) is 33.6 Å². The van der Waals surface area contributed by atoms with Crippen molar-refractivity contribution in [2.75, 3.05) is 16.3 Å². The number of rotatable bonds is 4. The van der Waals surface area contributed by atoms with Gasteiger partial charge in [-0.15, -0.1) is 0 Å². The Bertz CT molecular complexity index is 1270. The first-order chi connectivity index (χ1) is 16.8. The van der Waals surface area contributed by atoms with Crippen molar-refractivity contribution in [1.29, 1.82) is 0 Å². The van der Waals surface area contributed by atoms with E-state index in [-0.39, 0.29) is 54.2 Å². The van der Waals surface area contributed by atoms with Crippen molar-refractivity contribution >= 4 is 35.1 Å². The van der Waals surface area contributed by atoms with Crippen LogP contribution in [-0.4, -0.2) is 30.2 Å². The number of hydrogen-bond acceptors (Lipinski definition) is 5. The third-order valence-corrected chi connectivity index (χ3v) is 7.49. The molecular formula is C28H28N2O5. The van der Waals surface area contributed by atoms with Crippen molar-refractivity contribution in [2.24, 2.45) is 23.7 Å². The van der Waals surface area contributed by atoms with Gasteiger partial charge in [0, 0.05) is 24.7 Å². The minimum Gasteiger partial charge on any atom is -0.426 e. The average molecular weight is 473 g/mol. The fraction of sp³-hybridized carbons (Fsp3) is 0.357. The number of ether oxygens (including phenoxy) is 1. The first-order valence-corrected chi connectivity index (χ1v) is 12.0. The summed E-state index contributed by atoms with van der Waals surface area (Å²) in [6.07, 6.45) is 4.57. The first kappa shape index (κ1) is 23.0. The van der Waals surface area contributed by atoms with Gasteiger partial charge in [-0.05, 0) is 55.5 Å². The molecule has 180 valence electrons. The van der Waals surface area contributed by atoms with Gasteiger partial charge in [0.25, 0.3) is 0 Å². The van der Waals surface area contributed by atoms with Crippen LogP contribution in [0.5, 0.6) is 5.75 Å². The highest BCUT2D eigenvalue weighted by Crippen LogP contribution is 2.41. The van der Waals surface area contributed by atoms with Crippen LogP contribution >= 0.6 is 0 Å². The topological polar surface area (TPSA) is 84.0 Å². The van der Waals surface area contributed by atoms with Crippen LogP contribution in [-0.2, 0) is 19.2 Å². The smallest absolute Gasteiger partial charge is 0.316 e. The van der Waals surface area contributed by atoms with E-state index in [4.69, 9.17) is 4.74 Å². The Hall–Kier alpha value is -3.74. The minimum absolute atomic E-state index is 0.00361. The number of allylic oxidation sites excluding steroid dienone is 2. The molecule has 4 atom stereocenters. The number of anilines is 2. The zero-order chi connectivity index (χ0) is 24.9. The molecule has 0 bridgehead atoms. The third kappa shape index (κ3) is 3.95. The van der Waals surface area contributed by atoms with Crippen LogP contribution in [0.15, 0.2) is 54.6 Å². The zero-order valence-electron chi connectivity index (χ0n) is 20.1. The van der Waals surface area contributed by atoms with Crippen molar-refractivity contribution < 1.29 is 23.9 Å². The summed E-state index contributed by atoms with van der Waals surface area (Å²) < 4.78 is 5.62. The Morgan fingerprint density at radius 2 is 1.80 bits per heavy atom. The molecule has 7 nitrogen and oxygen atoms in total. The summed E-state index contributed by atoms with van der Waals surface area (Å²) in [4.78, 5) is 54.6. The van der Waals surface area contributed by atoms with Gasteiger partial charge in [0.2, 0.25) is 17.7 Å². The lowest BCUT2D eigenvalue weighted by atomic mass is 9.78. The van der Waals surface area contributed by atoms with Crippen LogP contribution in [0.4, 0.5) is 11.4 Å². The molecule has 5 rings (SSSR count). The maximum absolute atomic E-state index is 13.1. The predicted octanol–water partition coefficient (Wildman–Crippen LogP) is 3.96. The number of aryl methyl sites for hydroxylation is 1. The van der Waals surface area contributed by atoms with Crippen molar-refractivity contribution in [3.8, 4) is 5.75 Å². The van der Waals surface area contributed by atoms with Gasteiger partial charge in [0.15, 0.2) is 0 Å². The second kappa shape index (κ2) is 8.80. The van der Waals surface area contributed by atoms with Crippen molar-refractivity contribution in [3.63, 3.8) is 0 Å². The number of benzene rings is 2. The SMILES string of the molecule is Cc1cccc(N2C[C@H](C(=O)Oc3cccc(N4C(=O)[C@@H]5[C@H](C)C=CC[C@H]5C4=O)c3)CC2=O)c1C. The maximum atomic E-state index is 13.1. The van der Waals surface area contributed by atoms with E-state index in [1.165, 1.54) is 4.90 Å². The molecular weight excluding hydrogens is 444 g/mol. The number of esters is 1. The lowest BCUT2D eigenvalue weighted by molar-refractivity contribution is -0.139. The van der Waals surface area contributed by atoms with E-state index in [0.29, 0.717) is 12.1 Å². The van der Waals surface area contributed by atoms with Gasteiger partial charge in [0.05, 0.1) is 23.4 Å². The molecule has 0 unspecified atom stereocenters. The summed E-state index contributed by atoms with van der Waals surface area (Å²) >= 11 is 0. The van der Waals surface area contributed by atoms with E-state index in [0.717, 1.165) is 16.8 Å². The monoisotopic (exact) mass is 472 g/mol. The molecule has 2 saturated heterocycles. The molecule has 2 heterocycles. The van der Waals surface area contributed by atoms with Gasteiger partial charge in [-0.25, -0.2) is 4.90 Å². The third-order valence-electron chi connectivity index (χ3n) is 7.49. The van der Waals surface area contributed by atoms with Gasteiger partial charge >= 0.3 is 5.97 Å². The second-order valence-corrected chi connectivity index (χ2v) is 9.71. The molecule has 3 amide bonds. The highest BCUT2D eigenvalue weighted by Gasteiger charge is 2.50. The number of hydrogen-bond donors (Lipinski definition) is 0. The standard InChI is InChI=1S/C28H28N2O5/c1-16-7-5-12-23(18(16)3)29-15-19(13-24(29)31)28(34)35-21-10-6-9-20(14-21)30-26(32)22-11-4-8-17(2)25(22)27(30)33/h4-10,12,14,17,19,22,25H,11,13,15H2,1-3H3/t17-,19-,22-,25-/m1/s1. The van der Waals surface area contributed by atoms with E-state index < -0.39 is 11.9 Å². The molecule has 2 fully saturated rings. The van der Waals surface area contributed by atoms with Gasteiger partial charge in [-0.3, -0.25) is 19.2 Å².